The Hall–Kier alpha value is -1.61. The average Bonchev–Trinajstić information content (AvgIpc) is 2.31. The largest absolute Gasteiger partial charge is 0.478 e. The fourth-order valence-corrected chi connectivity index (χ4v) is 1.95. The molecule has 3 heteroatoms. The second-order valence-electron chi connectivity index (χ2n) is 4.06. The minimum absolute atomic E-state index is 0.176. The van der Waals surface area contributed by atoms with Crippen molar-refractivity contribution in [3.63, 3.8) is 0 Å². The zero-order chi connectivity index (χ0) is 12.3. The van der Waals surface area contributed by atoms with Crippen LogP contribution in [0.25, 0.3) is 10.8 Å². The van der Waals surface area contributed by atoms with Crippen molar-refractivity contribution >= 4 is 10.8 Å². The van der Waals surface area contributed by atoms with Gasteiger partial charge in [0.05, 0.1) is 6.61 Å². The number of hydrogen-bond acceptors (Lipinski definition) is 3. The van der Waals surface area contributed by atoms with E-state index in [0.29, 0.717) is 18.9 Å². The van der Waals surface area contributed by atoms with Crippen molar-refractivity contribution in [2.45, 2.75) is 20.3 Å². The van der Waals surface area contributed by atoms with Gasteiger partial charge < -0.3 is 9.84 Å². The Morgan fingerprint density at radius 2 is 2.06 bits per heavy atom. The van der Waals surface area contributed by atoms with Gasteiger partial charge in [0.2, 0.25) is 5.88 Å². The summed E-state index contributed by atoms with van der Waals surface area (Å²) in [5.41, 5.74) is 2.37. The molecule has 0 unspecified atom stereocenters. The van der Waals surface area contributed by atoms with Gasteiger partial charge in [-0.05, 0) is 42.8 Å². The number of aliphatic hydroxyl groups is 1. The quantitative estimate of drug-likeness (QED) is 0.879. The van der Waals surface area contributed by atoms with Gasteiger partial charge in [-0.25, -0.2) is 4.98 Å². The van der Waals surface area contributed by atoms with Gasteiger partial charge in [-0.1, -0.05) is 6.07 Å². The zero-order valence-electron chi connectivity index (χ0n) is 10.2. The summed E-state index contributed by atoms with van der Waals surface area (Å²) in [5.74, 6) is 0.652. The van der Waals surface area contributed by atoms with Crippen LogP contribution in [0.15, 0.2) is 24.4 Å². The van der Waals surface area contributed by atoms with E-state index in [1.54, 1.807) is 0 Å². The first kappa shape index (κ1) is 11.9. The number of nitrogens with zero attached hydrogens (tertiary/aromatic N) is 1. The Kier molecular flexibility index (Phi) is 3.59. The molecule has 17 heavy (non-hydrogen) atoms. The molecule has 0 aliphatic heterocycles. The molecule has 1 heterocycles. The molecule has 3 nitrogen and oxygen atoms in total. The van der Waals surface area contributed by atoms with Gasteiger partial charge in [-0.2, -0.15) is 0 Å². The van der Waals surface area contributed by atoms with Crippen molar-refractivity contribution in [3.8, 4) is 5.88 Å². The summed E-state index contributed by atoms with van der Waals surface area (Å²) in [4.78, 5) is 4.24. The number of aromatic nitrogens is 1. The average molecular weight is 231 g/mol. The second kappa shape index (κ2) is 5.15. The lowest BCUT2D eigenvalue weighted by atomic mass is 10.0. The molecule has 0 saturated carbocycles. The molecule has 0 fully saturated rings. The fourth-order valence-electron chi connectivity index (χ4n) is 1.95. The van der Waals surface area contributed by atoms with Crippen LogP contribution in [-0.2, 0) is 6.42 Å². The molecule has 0 saturated heterocycles. The summed E-state index contributed by atoms with van der Waals surface area (Å²) in [5, 5.41) is 11.2. The lowest BCUT2D eigenvalue weighted by Crippen LogP contribution is -1.96. The molecule has 1 aromatic carbocycles. The Balaban J connectivity index is 2.48. The van der Waals surface area contributed by atoms with Crippen LogP contribution in [0, 0.1) is 6.92 Å². The van der Waals surface area contributed by atoms with E-state index in [2.05, 4.69) is 24.0 Å². The molecule has 0 atom stereocenters. The van der Waals surface area contributed by atoms with Gasteiger partial charge in [0.1, 0.15) is 0 Å². The van der Waals surface area contributed by atoms with Crippen molar-refractivity contribution < 1.29 is 9.84 Å². The predicted octanol–water partition coefficient (Wildman–Crippen LogP) is 2.48. The number of ether oxygens (including phenoxy) is 1. The van der Waals surface area contributed by atoms with Gasteiger partial charge in [-0.15, -0.1) is 0 Å². The second-order valence-corrected chi connectivity index (χ2v) is 4.06. The van der Waals surface area contributed by atoms with E-state index >= 15 is 0 Å². The molecule has 0 radical (unpaired) electrons. The molecule has 0 spiro atoms. The normalized spacial score (nSPS) is 10.8. The highest BCUT2D eigenvalue weighted by Crippen LogP contribution is 2.22. The summed E-state index contributed by atoms with van der Waals surface area (Å²) in [6.07, 6.45) is 2.52. The first-order valence-electron chi connectivity index (χ1n) is 5.87. The van der Waals surface area contributed by atoms with E-state index < -0.39 is 0 Å². The first-order valence-corrected chi connectivity index (χ1v) is 5.87. The Morgan fingerprint density at radius 3 is 2.76 bits per heavy atom. The van der Waals surface area contributed by atoms with Gasteiger partial charge in [0.15, 0.2) is 0 Å². The van der Waals surface area contributed by atoms with Gasteiger partial charge in [-0.3, -0.25) is 0 Å². The minimum atomic E-state index is 0.176. The van der Waals surface area contributed by atoms with Crippen LogP contribution in [0.2, 0.25) is 0 Å². The molecule has 0 bridgehead atoms. The van der Waals surface area contributed by atoms with E-state index in [1.165, 1.54) is 11.1 Å². The minimum Gasteiger partial charge on any atom is -0.478 e. The Bertz CT molecular complexity index is 523. The van der Waals surface area contributed by atoms with Crippen molar-refractivity contribution in [1.29, 1.82) is 0 Å². The first-order chi connectivity index (χ1) is 8.24. The highest BCUT2D eigenvalue weighted by atomic mass is 16.5. The maximum absolute atomic E-state index is 9.02. The highest BCUT2D eigenvalue weighted by molar-refractivity contribution is 5.84. The maximum atomic E-state index is 9.02. The zero-order valence-corrected chi connectivity index (χ0v) is 10.2. The molecular formula is C14H17NO2. The van der Waals surface area contributed by atoms with Gasteiger partial charge >= 0.3 is 0 Å². The number of aliphatic hydroxyl groups excluding tert-OH is 1. The number of pyridine rings is 1. The lowest BCUT2D eigenvalue weighted by Gasteiger charge is -2.08. The van der Waals surface area contributed by atoms with Crippen LogP contribution >= 0.6 is 0 Å². The molecule has 2 rings (SSSR count). The van der Waals surface area contributed by atoms with Crippen molar-refractivity contribution in [1.82, 2.24) is 4.98 Å². The van der Waals surface area contributed by atoms with Gasteiger partial charge in [0.25, 0.3) is 0 Å². The highest BCUT2D eigenvalue weighted by Gasteiger charge is 2.03. The molecule has 0 aliphatic carbocycles. The third-order valence-electron chi connectivity index (χ3n) is 2.82. The number of benzene rings is 1. The molecule has 90 valence electrons. The molecule has 1 aromatic heterocycles. The van der Waals surface area contributed by atoms with Crippen LogP contribution in [0.5, 0.6) is 5.88 Å². The summed E-state index contributed by atoms with van der Waals surface area (Å²) >= 11 is 0. The topological polar surface area (TPSA) is 42.4 Å². The van der Waals surface area contributed by atoms with Crippen molar-refractivity contribution in [3.05, 3.63) is 35.5 Å². The number of rotatable bonds is 4. The standard InChI is InChI=1S/C14H17NO2/c1-3-17-14-8-12-7-11(4-5-16)10(2)6-13(12)9-15-14/h6-9,16H,3-5H2,1-2H3. The number of aryl methyl sites for hydroxylation is 1. The van der Waals surface area contributed by atoms with Crippen LogP contribution in [-0.4, -0.2) is 23.3 Å². The number of hydrogen-bond donors (Lipinski definition) is 1. The van der Waals surface area contributed by atoms with Crippen LogP contribution in [0.3, 0.4) is 0 Å². The smallest absolute Gasteiger partial charge is 0.213 e. The summed E-state index contributed by atoms with van der Waals surface area (Å²) in [6, 6.07) is 6.15. The monoisotopic (exact) mass is 231 g/mol. The molecule has 0 aliphatic rings. The predicted molar refractivity (Wildman–Crippen MR) is 68.4 cm³/mol. The fraction of sp³-hybridized carbons (Fsp3) is 0.357. The maximum Gasteiger partial charge on any atom is 0.213 e. The van der Waals surface area contributed by atoms with Crippen LogP contribution < -0.4 is 4.74 Å². The van der Waals surface area contributed by atoms with Crippen molar-refractivity contribution in [2.24, 2.45) is 0 Å². The van der Waals surface area contributed by atoms with E-state index in [-0.39, 0.29) is 6.61 Å². The summed E-state index contributed by atoms with van der Waals surface area (Å²) in [6.45, 7) is 4.79. The van der Waals surface area contributed by atoms with Gasteiger partial charge in [0, 0.05) is 24.3 Å². The SMILES string of the molecule is CCOc1cc2cc(CCO)c(C)cc2cn1. The van der Waals surface area contributed by atoms with E-state index in [1.807, 2.05) is 19.2 Å². The summed E-state index contributed by atoms with van der Waals surface area (Å²) < 4.78 is 5.38. The van der Waals surface area contributed by atoms with E-state index in [4.69, 9.17) is 9.84 Å². The molecular weight excluding hydrogens is 214 g/mol. The number of fused-ring (bicyclic) bond motifs is 1. The van der Waals surface area contributed by atoms with Crippen LogP contribution in [0.1, 0.15) is 18.1 Å². The van der Waals surface area contributed by atoms with Crippen molar-refractivity contribution in [2.75, 3.05) is 13.2 Å². The lowest BCUT2D eigenvalue weighted by molar-refractivity contribution is 0.299. The molecule has 0 amide bonds. The summed E-state index contributed by atoms with van der Waals surface area (Å²) in [7, 11) is 0. The third-order valence-corrected chi connectivity index (χ3v) is 2.82. The van der Waals surface area contributed by atoms with E-state index in [0.717, 1.165) is 10.8 Å². The Labute approximate surface area is 101 Å². The molecule has 2 aromatic rings. The van der Waals surface area contributed by atoms with E-state index in [9.17, 15) is 0 Å². The molecule has 1 N–H and O–H groups in total. The third kappa shape index (κ3) is 2.56. The Morgan fingerprint density at radius 1 is 1.24 bits per heavy atom. The van der Waals surface area contributed by atoms with Crippen LogP contribution in [0.4, 0.5) is 0 Å².